The Morgan fingerprint density at radius 2 is 2.18 bits per heavy atom. The molecule has 1 aromatic carbocycles. The minimum Gasteiger partial charge on any atom is -0.323 e. The van der Waals surface area contributed by atoms with Crippen molar-refractivity contribution in [2.75, 3.05) is 0 Å². The third-order valence-corrected chi connectivity index (χ3v) is 3.26. The van der Waals surface area contributed by atoms with Crippen molar-refractivity contribution in [3.05, 3.63) is 51.5 Å². The van der Waals surface area contributed by atoms with E-state index in [2.05, 4.69) is 4.98 Å². The van der Waals surface area contributed by atoms with Crippen molar-refractivity contribution in [2.24, 2.45) is 5.73 Å². The molecule has 17 heavy (non-hydrogen) atoms. The zero-order valence-electron chi connectivity index (χ0n) is 9.28. The molecule has 0 amide bonds. The molecule has 1 heterocycles. The molecule has 1 atom stereocenters. The van der Waals surface area contributed by atoms with E-state index in [4.69, 9.17) is 5.73 Å². The van der Waals surface area contributed by atoms with E-state index in [0.29, 0.717) is 12.0 Å². The van der Waals surface area contributed by atoms with E-state index in [0.717, 1.165) is 16.8 Å². The molecule has 90 valence electrons. The molecule has 2 aromatic rings. The minimum absolute atomic E-state index is 0.127. The summed E-state index contributed by atoms with van der Waals surface area (Å²) in [5.41, 5.74) is 6.93. The van der Waals surface area contributed by atoms with Crippen molar-refractivity contribution in [3.8, 4) is 0 Å². The first-order valence-corrected chi connectivity index (χ1v) is 6.08. The van der Waals surface area contributed by atoms with Crippen molar-refractivity contribution in [1.82, 2.24) is 4.98 Å². The number of hydrogen-bond acceptors (Lipinski definition) is 3. The first-order valence-electron chi connectivity index (χ1n) is 5.20. The minimum atomic E-state index is -0.568. The number of aromatic nitrogens is 1. The van der Waals surface area contributed by atoms with Crippen LogP contribution in [0.1, 0.15) is 29.2 Å². The van der Waals surface area contributed by atoms with Gasteiger partial charge in [-0.2, -0.15) is 0 Å². The number of nitrogens with zero attached hydrogens (tertiary/aromatic N) is 1. The molecule has 0 aliphatic carbocycles. The third-order valence-electron chi connectivity index (χ3n) is 2.39. The average Bonchev–Trinajstić information content (AvgIpc) is 2.71. The number of nitrogens with two attached hydrogens (primary N) is 1. The van der Waals surface area contributed by atoms with Crippen LogP contribution in [0.15, 0.2) is 23.6 Å². The van der Waals surface area contributed by atoms with Crippen LogP contribution in [0.2, 0.25) is 0 Å². The molecule has 0 aliphatic rings. The van der Waals surface area contributed by atoms with Crippen molar-refractivity contribution in [3.63, 3.8) is 0 Å². The number of benzene rings is 1. The highest BCUT2D eigenvalue weighted by Gasteiger charge is 2.09. The molecule has 2 nitrogen and oxygen atoms in total. The summed E-state index contributed by atoms with van der Waals surface area (Å²) in [7, 11) is 0. The molecule has 2 N–H and O–H groups in total. The van der Waals surface area contributed by atoms with E-state index >= 15 is 0 Å². The van der Waals surface area contributed by atoms with E-state index in [1.54, 1.807) is 0 Å². The quantitative estimate of drug-likeness (QED) is 0.914. The standard InChI is InChI=1S/C12H12F2N2S/c1-7(15)11-6-17-12(16-11)4-8-2-3-9(13)5-10(8)14/h2-3,5-7H,4,15H2,1H3. The molecule has 0 radical (unpaired) electrons. The molecule has 0 spiro atoms. The molecule has 1 aromatic heterocycles. The molecule has 1 unspecified atom stereocenters. The Morgan fingerprint density at radius 3 is 2.76 bits per heavy atom. The van der Waals surface area contributed by atoms with Crippen molar-refractivity contribution in [2.45, 2.75) is 19.4 Å². The van der Waals surface area contributed by atoms with Gasteiger partial charge in [0.15, 0.2) is 0 Å². The van der Waals surface area contributed by atoms with E-state index in [1.807, 2.05) is 12.3 Å². The zero-order chi connectivity index (χ0) is 12.4. The van der Waals surface area contributed by atoms with Gasteiger partial charge in [0.25, 0.3) is 0 Å². The Bertz CT molecular complexity index is 523. The highest BCUT2D eigenvalue weighted by Crippen LogP contribution is 2.19. The number of thiazole rings is 1. The topological polar surface area (TPSA) is 38.9 Å². The zero-order valence-corrected chi connectivity index (χ0v) is 10.1. The second-order valence-electron chi connectivity index (χ2n) is 3.87. The van der Waals surface area contributed by atoms with Crippen LogP contribution in [-0.4, -0.2) is 4.98 Å². The summed E-state index contributed by atoms with van der Waals surface area (Å²) in [6, 6.07) is 3.45. The fourth-order valence-corrected chi connectivity index (χ4v) is 2.36. The van der Waals surface area contributed by atoms with Gasteiger partial charge < -0.3 is 5.73 Å². The number of hydrogen-bond donors (Lipinski definition) is 1. The molecule has 0 bridgehead atoms. The molecule has 0 saturated heterocycles. The Balaban J connectivity index is 2.19. The van der Waals surface area contributed by atoms with Gasteiger partial charge in [-0.1, -0.05) is 6.07 Å². The average molecular weight is 254 g/mol. The van der Waals surface area contributed by atoms with Crippen LogP contribution in [-0.2, 0) is 6.42 Å². The highest BCUT2D eigenvalue weighted by atomic mass is 32.1. The Kier molecular flexibility index (Phi) is 3.49. The van der Waals surface area contributed by atoms with Crippen molar-refractivity contribution < 1.29 is 8.78 Å². The lowest BCUT2D eigenvalue weighted by molar-refractivity contribution is 0.574. The Labute approximate surface area is 102 Å². The maximum Gasteiger partial charge on any atom is 0.129 e. The van der Waals surface area contributed by atoms with Crippen molar-refractivity contribution in [1.29, 1.82) is 0 Å². The Hall–Kier alpha value is -1.33. The highest BCUT2D eigenvalue weighted by molar-refractivity contribution is 7.09. The molecule has 0 fully saturated rings. The van der Waals surface area contributed by atoms with Crippen LogP contribution < -0.4 is 5.73 Å². The summed E-state index contributed by atoms with van der Waals surface area (Å²) >= 11 is 1.43. The van der Waals surface area contributed by atoms with E-state index in [1.165, 1.54) is 23.5 Å². The van der Waals surface area contributed by atoms with Gasteiger partial charge in [0.05, 0.1) is 10.7 Å². The molecular formula is C12H12F2N2S. The van der Waals surface area contributed by atoms with E-state index in [-0.39, 0.29) is 6.04 Å². The van der Waals surface area contributed by atoms with Gasteiger partial charge >= 0.3 is 0 Å². The van der Waals surface area contributed by atoms with Crippen molar-refractivity contribution >= 4 is 11.3 Å². The first kappa shape index (κ1) is 12.1. The van der Waals surface area contributed by atoms with Gasteiger partial charge in [-0.05, 0) is 18.6 Å². The summed E-state index contributed by atoms with van der Waals surface area (Å²) in [5, 5.41) is 2.64. The SMILES string of the molecule is CC(N)c1csc(Cc2ccc(F)cc2F)n1. The van der Waals surface area contributed by atoms with Crippen LogP contribution in [0.25, 0.3) is 0 Å². The smallest absolute Gasteiger partial charge is 0.129 e. The van der Waals surface area contributed by atoms with Crippen LogP contribution in [0.4, 0.5) is 8.78 Å². The van der Waals surface area contributed by atoms with Gasteiger partial charge in [0.2, 0.25) is 0 Å². The molecule has 5 heteroatoms. The van der Waals surface area contributed by atoms with Gasteiger partial charge in [-0.25, -0.2) is 13.8 Å². The lowest BCUT2D eigenvalue weighted by Gasteiger charge is -2.01. The fourth-order valence-electron chi connectivity index (χ4n) is 1.44. The third kappa shape index (κ3) is 2.87. The maximum atomic E-state index is 13.4. The first-order chi connectivity index (χ1) is 8.06. The summed E-state index contributed by atoms with van der Waals surface area (Å²) in [6.45, 7) is 1.84. The normalized spacial score (nSPS) is 12.7. The summed E-state index contributed by atoms with van der Waals surface area (Å²) < 4.78 is 26.1. The molecule has 2 rings (SSSR count). The number of rotatable bonds is 3. The Morgan fingerprint density at radius 1 is 1.41 bits per heavy atom. The maximum absolute atomic E-state index is 13.4. The van der Waals surface area contributed by atoms with Gasteiger partial charge in [0, 0.05) is 23.9 Å². The largest absolute Gasteiger partial charge is 0.323 e. The van der Waals surface area contributed by atoms with Gasteiger partial charge in [-0.3, -0.25) is 0 Å². The van der Waals surface area contributed by atoms with Crippen LogP contribution in [0.3, 0.4) is 0 Å². The second-order valence-corrected chi connectivity index (χ2v) is 4.81. The number of halogens is 2. The summed E-state index contributed by atoms with van der Waals surface area (Å²) in [5.74, 6) is -1.11. The van der Waals surface area contributed by atoms with E-state index in [9.17, 15) is 8.78 Å². The second kappa shape index (κ2) is 4.89. The predicted octanol–water partition coefficient (Wildman–Crippen LogP) is 3.03. The molecular weight excluding hydrogens is 242 g/mol. The van der Waals surface area contributed by atoms with Crippen LogP contribution >= 0.6 is 11.3 Å². The predicted molar refractivity (Wildman–Crippen MR) is 63.9 cm³/mol. The molecule has 0 aliphatic heterocycles. The monoisotopic (exact) mass is 254 g/mol. The lowest BCUT2D eigenvalue weighted by atomic mass is 10.1. The molecule has 0 saturated carbocycles. The van der Waals surface area contributed by atoms with E-state index < -0.39 is 11.6 Å². The van der Waals surface area contributed by atoms with Gasteiger partial charge in [-0.15, -0.1) is 11.3 Å². The van der Waals surface area contributed by atoms with Crippen LogP contribution in [0.5, 0.6) is 0 Å². The van der Waals surface area contributed by atoms with Gasteiger partial charge in [0.1, 0.15) is 11.6 Å². The lowest BCUT2D eigenvalue weighted by Crippen LogP contribution is -2.05. The van der Waals surface area contributed by atoms with Crippen LogP contribution in [0, 0.1) is 11.6 Å². The summed E-state index contributed by atoms with van der Waals surface area (Å²) in [6.07, 6.45) is 0.365. The fraction of sp³-hybridized carbons (Fsp3) is 0.250. The summed E-state index contributed by atoms with van der Waals surface area (Å²) in [4.78, 5) is 4.30.